The minimum Gasteiger partial charge on any atom is -0.338 e. The smallest absolute Gasteiger partial charge is 0.0556 e. The molecular weight excluding hydrogens is 314 g/mol. The monoisotopic (exact) mass is 347 g/mol. The maximum absolute atomic E-state index is 2.54. The third-order valence-electron chi connectivity index (χ3n) is 6.30. The third-order valence-corrected chi connectivity index (χ3v) is 6.30. The van der Waals surface area contributed by atoms with Crippen molar-refractivity contribution in [2.24, 2.45) is 0 Å². The van der Waals surface area contributed by atoms with Gasteiger partial charge in [-0.05, 0) is 68.2 Å². The van der Waals surface area contributed by atoms with Gasteiger partial charge in [-0.2, -0.15) is 0 Å². The van der Waals surface area contributed by atoms with E-state index in [1.165, 1.54) is 35.4 Å². The van der Waals surface area contributed by atoms with Crippen LogP contribution in [0.25, 0.3) is 0 Å². The van der Waals surface area contributed by atoms with Crippen molar-refractivity contribution in [1.82, 2.24) is 0 Å². The van der Waals surface area contributed by atoms with Gasteiger partial charge in [0, 0.05) is 11.4 Å². The first-order chi connectivity index (χ1) is 12.6. The molecule has 0 aliphatic heterocycles. The molecule has 0 spiro atoms. The molecule has 1 unspecified atom stereocenters. The van der Waals surface area contributed by atoms with E-state index in [0.717, 1.165) is 19.3 Å². The predicted molar refractivity (Wildman–Crippen MR) is 115 cm³/mol. The van der Waals surface area contributed by atoms with Crippen molar-refractivity contribution >= 4 is 5.69 Å². The number of hydrogen-bond acceptors (Lipinski definition) is 1. The van der Waals surface area contributed by atoms with Gasteiger partial charge in [0.1, 0.15) is 0 Å². The molecule has 1 aromatic carbocycles. The maximum atomic E-state index is 2.54. The van der Waals surface area contributed by atoms with E-state index in [1.54, 1.807) is 0 Å². The second-order valence-corrected chi connectivity index (χ2v) is 7.92. The summed E-state index contributed by atoms with van der Waals surface area (Å²) in [7, 11) is 0. The summed E-state index contributed by atoms with van der Waals surface area (Å²) in [4.78, 5) is 2.54. The van der Waals surface area contributed by atoms with Gasteiger partial charge in [-0.25, -0.2) is 0 Å². The summed E-state index contributed by atoms with van der Waals surface area (Å²) in [6.45, 7) is 9.16. The van der Waals surface area contributed by atoms with Crippen molar-refractivity contribution < 1.29 is 0 Å². The van der Waals surface area contributed by atoms with Crippen LogP contribution in [-0.4, -0.2) is 6.04 Å². The fourth-order valence-corrected chi connectivity index (χ4v) is 3.95. The van der Waals surface area contributed by atoms with Crippen LogP contribution in [-0.2, 0) is 5.41 Å². The number of rotatable bonds is 6. The first kappa shape index (κ1) is 18.8. The maximum Gasteiger partial charge on any atom is 0.0556 e. The van der Waals surface area contributed by atoms with E-state index in [4.69, 9.17) is 0 Å². The van der Waals surface area contributed by atoms with E-state index < -0.39 is 0 Å². The van der Waals surface area contributed by atoms with Crippen molar-refractivity contribution in [3.05, 3.63) is 77.6 Å². The summed E-state index contributed by atoms with van der Waals surface area (Å²) in [5, 5.41) is 0. The molecule has 26 heavy (non-hydrogen) atoms. The molecule has 2 aliphatic rings. The highest BCUT2D eigenvalue weighted by atomic mass is 15.2. The van der Waals surface area contributed by atoms with Crippen LogP contribution in [0.2, 0.25) is 0 Å². The Morgan fingerprint density at radius 2 is 1.85 bits per heavy atom. The summed E-state index contributed by atoms with van der Waals surface area (Å²) in [6, 6.07) is 9.77. The highest BCUT2D eigenvalue weighted by Gasteiger charge is 2.24. The van der Waals surface area contributed by atoms with Crippen LogP contribution in [0.1, 0.15) is 65.4 Å². The summed E-state index contributed by atoms with van der Waals surface area (Å²) in [5.74, 6) is 0. The van der Waals surface area contributed by atoms with Crippen LogP contribution >= 0.6 is 0 Å². The number of anilines is 1. The highest BCUT2D eigenvalue weighted by molar-refractivity contribution is 5.57. The Hall–Kier alpha value is -2.02. The summed E-state index contributed by atoms with van der Waals surface area (Å²) >= 11 is 0. The molecule has 0 N–H and O–H groups in total. The van der Waals surface area contributed by atoms with Gasteiger partial charge < -0.3 is 4.90 Å². The van der Waals surface area contributed by atoms with Crippen molar-refractivity contribution in [2.45, 2.75) is 71.3 Å². The molecule has 0 amide bonds. The van der Waals surface area contributed by atoms with Crippen molar-refractivity contribution in [3.63, 3.8) is 0 Å². The topological polar surface area (TPSA) is 3.24 Å². The summed E-state index contributed by atoms with van der Waals surface area (Å²) in [6.07, 6.45) is 19.4. The molecule has 1 heteroatoms. The van der Waals surface area contributed by atoms with Gasteiger partial charge >= 0.3 is 0 Å². The van der Waals surface area contributed by atoms with Gasteiger partial charge in [0.2, 0.25) is 0 Å². The lowest BCUT2D eigenvalue weighted by Crippen LogP contribution is -2.34. The quantitative estimate of drug-likeness (QED) is 0.531. The van der Waals surface area contributed by atoms with Gasteiger partial charge in [-0.15, -0.1) is 0 Å². The molecular formula is C25H33N. The van der Waals surface area contributed by atoms with E-state index >= 15 is 0 Å². The largest absolute Gasteiger partial charge is 0.338 e. The van der Waals surface area contributed by atoms with Gasteiger partial charge in [-0.3, -0.25) is 0 Å². The van der Waals surface area contributed by atoms with E-state index in [0.29, 0.717) is 6.04 Å². The first-order valence-corrected chi connectivity index (χ1v) is 10.2. The molecule has 0 saturated carbocycles. The molecule has 1 atom stereocenters. The second-order valence-electron chi connectivity index (χ2n) is 7.92. The van der Waals surface area contributed by atoms with E-state index in [2.05, 4.69) is 93.3 Å². The van der Waals surface area contributed by atoms with Gasteiger partial charge in [0.05, 0.1) is 6.04 Å². The molecule has 0 radical (unpaired) electrons. The van der Waals surface area contributed by atoms with Gasteiger partial charge in [0.15, 0.2) is 0 Å². The van der Waals surface area contributed by atoms with E-state index in [9.17, 15) is 0 Å². The van der Waals surface area contributed by atoms with Gasteiger partial charge in [-0.1, -0.05) is 68.9 Å². The minimum atomic E-state index is 0.279. The fourth-order valence-electron chi connectivity index (χ4n) is 3.95. The minimum absolute atomic E-state index is 0.279. The number of allylic oxidation sites excluding steroid dienone is 6. The number of benzene rings is 1. The summed E-state index contributed by atoms with van der Waals surface area (Å²) in [5.41, 5.74) is 5.85. The Kier molecular flexibility index (Phi) is 5.86. The molecule has 1 aromatic rings. The third kappa shape index (κ3) is 3.87. The van der Waals surface area contributed by atoms with Crippen molar-refractivity contribution in [2.75, 3.05) is 4.90 Å². The SMILES string of the molecule is CCC(C)(CC)c1ccc(N(C2=CC=CCC2)C2C=CC(C)=CC2)cc1. The Morgan fingerprint density at radius 3 is 2.38 bits per heavy atom. The summed E-state index contributed by atoms with van der Waals surface area (Å²) < 4.78 is 0. The van der Waals surface area contributed by atoms with E-state index in [-0.39, 0.29) is 5.41 Å². The standard InChI is InChI=1S/C25H33N/c1-5-25(4,6-2)21-14-18-24(19-15-21)26(22-10-8-7-9-11-22)23-16-12-20(3)13-17-23/h7-8,10,12-16,18-19,23H,5-6,9,11,17H2,1-4H3. The van der Waals surface area contributed by atoms with Gasteiger partial charge in [0.25, 0.3) is 0 Å². The molecule has 3 rings (SSSR count). The molecule has 0 bridgehead atoms. The highest BCUT2D eigenvalue weighted by Crippen LogP contribution is 2.35. The molecule has 0 heterocycles. The molecule has 0 fully saturated rings. The first-order valence-electron chi connectivity index (χ1n) is 10.2. The Morgan fingerprint density at radius 1 is 1.12 bits per heavy atom. The van der Waals surface area contributed by atoms with Crippen LogP contribution in [0.3, 0.4) is 0 Å². The van der Waals surface area contributed by atoms with Crippen LogP contribution in [0.4, 0.5) is 5.69 Å². The van der Waals surface area contributed by atoms with E-state index in [1.807, 2.05) is 0 Å². The number of nitrogens with zero attached hydrogens (tertiary/aromatic N) is 1. The van der Waals surface area contributed by atoms with Crippen molar-refractivity contribution in [3.8, 4) is 0 Å². The molecule has 0 saturated heterocycles. The lowest BCUT2D eigenvalue weighted by atomic mass is 9.78. The zero-order valence-corrected chi connectivity index (χ0v) is 16.8. The fraction of sp³-hybridized carbons (Fsp3) is 0.440. The van der Waals surface area contributed by atoms with Crippen LogP contribution in [0.15, 0.2) is 72.0 Å². The lowest BCUT2D eigenvalue weighted by molar-refractivity contribution is 0.439. The zero-order chi connectivity index (χ0) is 18.6. The van der Waals surface area contributed by atoms with Crippen molar-refractivity contribution in [1.29, 1.82) is 0 Å². The Balaban J connectivity index is 1.93. The lowest BCUT2D eigenvalue weighted by Gasteiger charge is -2.36. The van der Waals surface area contributed by atoms with Crippen LogP contribution in [0, 0.1) is 0 Å². The number of hydrogen-bond donors (Lipinski definition) is 0. The predicted octanol–water partition coefficient (Wildman–Crippen LogP) is 7.08. The molecule has 1 nitrogen and oxygen atoms in total. The van der Waals surface area contributed by atoms with Crippen LogP contribution in [0.5, 0.6) is 0 Å². The molecule has 0 aromatic heterocycles. The normalized spacial score (nSPS) is 19.9. The second kappa shape index (κ2) is 8.12. The molecule has 138 valence electrons. The van der Waals surface area contributed by atoms with Crippen LogP contribution < -0.4 is 4.90 Å². The Bertz CT molecular complexity index is 726. The zero-order valence-electron chi connectivity index (χ0n) is 16.8. The average molecular weight is 348 g/mol. The Labute approximate surface area is 159 Å². The average Bonchev–Trinajstić information content (AvgIpc) is 2.70. The molecule has 2 aliphatic carbocycles.